The fourth-order valence-corrected chi connectivity index (χ4v) is 3.49. The van der Waals surface area contributed by atoms with Gasteiger partial charge in [0.25, 0.3) is 0 Å². The highest BCUT2D eigenvalue weighted by molar-refractivity contribution is 6.31. The Morgan fingerprint density at radius 2 is 1.88 bits per heavy atom. The molecule has 1 N–H and O–H groups in total. The summed E-state index contributed by atoms with van der Waals surface area (Å²) < 4.78 is 13.2. The van der Waals surface area contributed by atoms with Crippen LogP contribution in [0.5, 0.6) is 0 Å². The van der Waals surface area contributed by atoms with Crippen molar-refractivity contribution in [3.8, 4) is 0 Å². The molecule has 1 aliphatic rings. The summed E-state index contributed by atoms with van der Waals surface area (Å²) >= 11 is 5.77. The number of benzene rings is 1. The van der Waals surface area contributed by atoms with Crippen LogP contribution in [0, 0.1) is 19.7 Å². The molecular formula is C19H22ClFN4O. The van der Waals surface area contributed by atoms with Gasteiger partial charge in [-0.15, -0.1) is 0 Å². The van der Waals surface area contributed by atoms with Crippen molar-refractivity contribution >= 4 is 29.0 Å². The first-order valence-corrected chi connectivity index (χ1v) is 9.00. The summed E-state index contributed by atoms with van der Waals surface area (Å²) in [7, 11) is 0. The Labute approximate surface area is 157 Å². The van der Waals surface area contributed by atoms with E-state index in [0.29, 0.717) is 18.8 Å². The number of rotatable bonds is 2. The summed E-state index contributed by atoms with van der Waals surface area (Å²) in [5.41, 5.74) is 3.98. The van der Waals surface area contributed by atoms with E-state index in [-0.39, 0.29) is 11.1 Å². The second kappa shape index (κ2) is 7.91. The second-order valence-electron chi connectivity index (χ2n) is 6.51. The molecule has 2 aromatic rings. The maximum atomic E-state index is 13.2. The smallest absolute Gasteiger partial charge is 0.321 e. The number of hydrogen-bond donors (Lipinski definition) is 1. The monoisotopic (exact) mass is 376 g/mol. The van der Waals surface area contributed by atoms with Crippen molar-refractivity contribution in [2.75, 3.05) is 36.4 Å². The molecule has 2 heterocycles. The molecule has 0 aliphatic carbocycles. The van der Waals surface area contributed by atoms with Gasteiger partial charge >= 0.3 is 6.03 Å². The minimum Gasteiger partial charge on any atom is -0.369 e. The van der Waals surface area contributed by atoms with Crippen molar-refractivity contribution in [2.24, 2.45) is 0 Å². The largest absolute Gasteiger partial charge is 0.369 e. The highest BCUT2D eigenvalue weighted by atomic mass is 35.5. The number of urea groups is 1. The van der Waals surface area contributed by atoms with Crippen molar-refractivity contribution in [1.82, 2.24) is 9.88 Å². The number of nitrogens with zero attached hydrogens (tertiary/aromatic N) is 3. The summed E-state index contributed by atoms with van der Waals surface area (Å²) in [4.78, 5) is 20.9. The zero-order valence-electron chi connectivity index (χ0n) is 14.9. The number of carbonyl (C=O) groups is 1. The molecule has 1 aromatic heterocycles. The van der Waals surface area contributed by atoms with Crippen LogP contribution in [0.25, 0.3) is 0 Å². The van der Waals surface area contributed by atoms with Gasteiger partial charge in [-0.25, -0.2) is 9.18 Å². The predicted octanol–water partition coefficient (Wildman–Crippen LogP) is 4.24. The summed E-state index contributed by atoms with van der Waals surface area (Å²) in [6, 6.07) is 3.98. The summed E-state index contributed by atoms with van der Waals surface area (Å²) in [6.07, 6.45) is 4.62. The number of pyridine rings is 1. The van der Waals surface area contributed by atoms with Crippen LogP contribution >= 0.6 is 11.6 Å². The van der Waals surface area contributed by atoms with Crippen molar-refractivity contribution in [1.29, 1.82) is 0 Å². The molecule has 0 atom stereocenters. The van der Waals surface area contributed by atoms with E-state index in [9.17, 15) is 9.18 Å². The second-order valence-corrected chi connectivity index (χ2v) is 6.92. The zero-order chi connectivity index (χ0) is 18.7. The Hall–Kier alpha value is -2.34. The highest BCUT2D eigenvalue weighted by Gasteiger charge is 2.21. The lowest BCUT2D eigenvalue weighted by Crippen LogP contribution is -2.38. The Kier molecular flexibility index (Phi) is 5.61. The molecular weight excluding hydrogens is 355 g/mol. The van der Waals surface area contributed by atoms with Crippen LogP contribution in [0.4, 0.5) is 20.6 Å². The predicted molar refractivity (Wildman–Crippen MR) is 103 cm³/mol. The number of anilines is 2. The van der Waals surface area contributed by atoms with Crippen molar-refractivity contribution in [2.45, 2.75) is 20.3 Å². The lowest BCUT2D eigenvalue weighted by Gasteiger charge is -2.26. The van der Waals surface area contributed by atoms with Crippen LogP contribution in [0.15, 0.2) is 30.6 Å². The standard InChI is InChI=1S/C19H22ClFN4O/c1-13-11-22-12-14(2)18(13)24-6-3-7-25(9-8-24)19(26)23-15-4-5-17(21)16(20)10-15/h4-5,10-12H,3,6-9H2,1-2H3,(H,23,26). The molecule has 1 saturated heterocycles. The number of aryl methyl sites for hydroxylation is 2. The normalized spacial score (nSPS) is 14.9. The van der Waals surface area contributed by atoms with Crippen molar-refractivity contribution in [3.63, 3.8) is 0 Å². The van der Waals surface area contributed by atoms with E-state index in [1.165, 1.54) is 23.9 Å². The van der Waals surface area contributed by atoms with Gasteiger partial charge in [0.15, 0.2) is 0 Å². The fraction of sp³-hybridized carbons (Fsp3) is 0.368. The van der Waals surface area contributed by atoms with Crippen LogP contribution < -0.4 is 10.2 Å². The average Bonchev–Trinajstić information content (AvgIpc) is 2.84. The SMILES string of the molecule is Cc1cncc(C)c1N1CCCN(C(=O)Nc2ccc(F)c(Cl)c2)CC1. The number of nitrogens with one attached hydrogen (secondary N) is 1. The minimum atomic E-state index is -0.502. The van der Waals surface area contributed by atoms with Gasteiger partial charge in [-0.1, -0.05) is 11.6 Å². The molecule has 1 aromatic carbocycles. The molecule has 138 valence electrons. The number of amides is 2. The van der Waals surface area contributed by atoms with E-state index in [0.717, 1.165) is 30.6 Å². The number of carbonyl (C=O) groups excluding carboxylic acids is 1. The molecule has 0 spiro atoms. The van der Waals surface area contributed by atoms with Gasteiger partial charge in [0.05, 0.1) is 5.02 Å². The molecule has 1 fully saturated rings. The van der Waals surface area contributed by atoms with E-state index >= 15 is 0 Å². The first kappa shape index (κ1) is 18.5. The fourth-order valence-electron chi connectivity index (χ4n) is 3.31. The van der Waals surface area contributed by atoms with Crippen LogP contribution in [0.3, 0.4) is 0 Å². The van der Waals surface area contributed by atoms with Gasteiger partial charge in [-0.05, 0) is 49.6 Å². The number of halogens is 2. The molecule has 1 aliphatic heterocycles. The minimum absolute atomic E-state index is 0.00604. The van der Waals surface area contributed by atoms with Crippen molar-refractivity contribution < 1.29 is 9.18 Å². The molecule has 0 radical (unpaired) electrons. The van der Waals surface area contributed by atoms with E-state index in [2.05, 4.69) is 29.0 Å². The average molecular weight is 377 g/mol. The molecule has 0 saturated carbocycles. The van der Waals surface area contributed by atoms with E-state index in [4.69, 9.17) is 11.6 Å². The van der Waals surface area contributed by atoms with Gasteiger partial charge in [0, 0.05) is 49.9 Å². The molecule has 2 amide bonds. The third-order valence-corrected chi connectivity index (χ3v) is 4.84. The zero-order valence-corrected chi connectivity index (χ0v) is 15.7. The van der Waals surface area contributed by atoms with Crippen LogP contribution in [-0.4, -0.2) is 42.1 Å². The molecule has 7 heteroatoms. The first-order valence-electron chi connectivity index (χ1n) is 8.63. The van der Waals surface area contributed by atoms with E-state index in [1.54, 1.807) is 4.90 Å². The Morgan fingerprint density at radius 3 is 2.58 bits per heavy atom. The van der Waals surface area contributed by atoms with E-state index in [1.807, 2.05) is 12.4 Å². The van der Waals surface area contributed by atoms with E-state index < -0.39 is 5.82 Å². The molecule has 3 rings (SSSR count). The number of aromatic nitrogens is 1. The van der Waals surface area contributed by atoms with Gasteiger partial charge in [-0.2, -0.15) is 0 Å². The lowest BCUT2D eigenvalue weighted by molar-refractivity contribution is 0.215. The van der Waals surface area contributed by atoms with Gasteiger partial charge in [0.2, 0.25) is 0 Å². The van der Waals surface area contributed by atoms with Gasteiger partial charge in [-0.3, -0.25) is 4.98 Å². The third-order valence-electron chi connectivity index (χ3n) is 4.55. The Balaban J connectivity index is 1.66. The molecule has 0 bridgehead atoms. The van der Waals surface area contributed by atoms with Crippen LogP contribution in [0.1, 0.15) is 17.5 Å². The first-order chi connectivity index (χ1) is 12.5. The Morgan fingerprint density at radius 1 is 1.15 bits per heavy atom. The number of hydrogen-bond acceptors (Lipinski definition) is 3. The topological polar surface area (TPSA) is 48.5 Å². The van der Waals surface area contributed by atoms with Gasteiger partial charge < -0.3 is 15.1 Å². The summed E-state index contributed by atoms with van der Waals surface area (Å²) in [6.45, 7) is 7.04. The van der Waals surface area contributed by atoms with Gasteiger partial charge in [0.1, 0.15) is 5.82 Å². The van der Waals surface area contributed by atoms with Crippen LogP contribution in [0.2, 0.25) is 5.02 Å². The quantitative estimate of drug-likeness (QED) is 0.853. The summed E-state index contributed by atoms with van der Waals surface area (Å²) in [5.74, 6) is -0.502. The summed E-state index contributed by atoms with van der Waals surface area (Å²) in [5, 5.41) is 2.79. The van der Waals surface area contributed by atoms with Crippen LogP contribution in [-0.2, 0) is 0 Å². The maximum absolute atomic E-state index is 13.2. The highest BCUT2D eigenvalue weighted by Crippen LogP contribution is 2.25. The Bertz CT molecular complexity index is 794. The lowest BCUT2D eigenvalue weighted by atomic mass is 10.1. The molecule has 0 unspecified atom stereocenters. The maximum Gasteiger partial charge on any atom is 0.321 e. The third kappa shape index (κ3) is 4.07. The molecule has 5 nitrogen and oxygen atoms in total. The molecule has 26 heavy (non-hydrogen) atoms. The van der Waals surface area contributed by atoms with Crippen molar-refractivity contribution in [3.05, 3.63) is 52.6 Å².